The van der Waals surface area contributed by atoms with E-state index in [1.807, 2.05) is 53.4 Å². The normalized spacial score (nSPS) is 10.0. The van der Waals surface area contributed by atoms with Crippen LogP contribution >= 0.6 is 12.4 Å². The van der Waals surface area contributed by atoms with Crippen molar-refractivity contribution in [1.82, 2.24) is 4.90 Å². The van der Waals surface area contributed by atoms with Gasteiger partial charge in [0.25, 0.3) is 0 Å². The lowest BCUT2D eigenvalue weighted by atomic mass is 10.1. The fourth-order valence-corrected chi connectivity index (χ4v) is 2.82. The summed E-state index contributed by atoms with van der Waals surface area (Å²) in [7, 11) is 3.22. The number of benzene rings is 2. The van der Waals surface area contributed by atoms with Gasteiger partial charge in [-0.2, -0.15) is 0 Å². The second-order valence-electron chi connectivity index (χ2n) is 6.13. The lowest BCUT2D eigenvalue weighted by Gasteiger charge is -2.23. The van der Waals surface area contributed by atoms with Crippen LogP contribution in [0, 0.1) is 0 Å². The summed E-state index contributed by atoms with van der Waals surface area (Å²) >= 11 is 0. The van der Waals surface area contributed by atoms with Gasteiger partial charge < -0.3 is 20.1 Å². The van der Waals surface area contributed by atoms with Gasteiger partial charge in [-0.3, -0.25) is 4.79 Å². The van der Waals surface area contributed by atoms with Crippen molar-refractivity contribution < 1.29 is 14.3 Å². The van der Waals surface area contributed by atoms with Crippen LogP contribution in [-0.4, -0.2) is 38.1 Å². The van der Waals surface area contributed by atoms with Crippen LogP contribution in [0.25, 0.3) is 0 Å². The van der Waals surface area contributed by atoms with E-state index in [1.165, 1.54) is 0 Å². The highest BCUT2D eigenvalue weighted by Gasteiger charge is 2.14. The average Bonchev–Trinajstić information content (AvgIpc) is 2.69. The molecule has 148 valence electrons. The molecule has 0 aromatic heterocycles. The van der Waals surface area contributed by atoms with E-state index in [1.54, 1.807) is 14.2 Å². The molecule has 27 heavy (non-hydrogen) atoms. The van der Waals surface area contributed by atoms with Gasteiger partial charge in [-0.15, -0.1) is 12.4 Å². The third-order valence-corrected chi connectivity index (χ3v) is 4.28. The van der Waals surface area contributed by atoms with Crippen molar-refractivity contribution in [1.29, 1.82) is 0 Å². The van der Waals surface area contributed by atoms with Gasteiger partial charge in [0.05, 0.1) is 14.2 Å². The molecule has 0 unspecified atom stereocenters. The van der Waals surface area contributed by atoms with Crippen LogP contribution in [0.15, 0.2) is 48.5 Å². The monoisotopic (exact) mass is 392 g/mol. The van der Waals surface area contributed by atoms with Crippen LogP contribution in [0.1, 0.15) is 24.0 Å². The zero-order valence-corrected chi connectivity index (χ0v) is 16.8. The Morgan fingerprint density at radius 1 is 1.00 bits per heavy atom. The number of ether oxygens (including phenoxy) is 2. The highest BCUT2D eigenvalue weighted by molar-refractivity contribution is 5.85. The van der Waals surface area contributed by atoms with E-state index in [-0.39, 0.29) is 18.3 Å². The molecule has 1 amide bonds. The highest BCUT2D eigenvalue weighted by Crippen LogP contribution is 2.28. The molecule has 0 fully saturated rings. The molecule has 0 aliphatic heterocycles. The maximum absolute atomic E-state index is 12.7. The van der Waals surface area contributed by atoms with Gasteiger partial charge in [-0.1, -0.05) is 36.4 Å². The Kier molecular flexibility index (Phi) is 10.3. The summed E-state index contributed by atoms with van der Waals surface area (Å²) < 4.78 is 10.6. The first-order valence-electron chi connectivity index (χ1n) is 8.90. The number of nitrogens with two attached hydrogens (primary N) is 1. The molecular formula is C21H29ClN2O3. The van der Waals surface area contributed by atoms with Crippen molar-refractivity contribution in [3.8, 4) is 11.5 Å². The molecule has 0 spiro atoms. The summed E-state index contributed by atoms with van der Waals surface area (Å²) in [5.41, 5.74) is 7.81. The molecule has 0 bridgehead atoms. The molecule has 0 aliphatic rings. The number of amides is 1. The minimum Gasteiger partial charge on any atom is -0.493 e. The van der Waals surface area contributed by atoms with Crippen molar-refractivity contribution in [2.24, 2.45) is 5.73 Å². The van der Waals surface area contributed by atoms with Crippen LogP contribution in [-0.2, 0) is 17.8 Å². The van der Waals surface area contributed by atoms with Crippen LogP contribution < -0.4 is 15.2 Å². The van der Waals surface area contributed by atoms with Gasteiger partial charge >= 0.3 is 0 Å². The first-order chi connectivity index (χ1) is 12.7. The molecule has 0 saturated carbocycles. The molecular weight excluding hydrogens is 364 g/mol. The van der Waals surface area contributed by atoms with E-state index in [0.29, 0.717) is 44.0 Å². The van der Waals surface area contributed by atoms with E-state index in [9.17, 15) is 4.79 Å². The van der Waals surface area contributed by atoms with Gasteiger partial charge in [0.1, 0.15) is 0 Å². The predicted octanol–water partition coefficient (Wildman–Crippen LogP) is 3.44. The van der Waals surface area contributed by atoms with Crippen LogP contribution in [0.4, 0.5) is 0 Å². The summed E-state index contributed by atoms with van der Waals surface area (Å²) in [5.74, 6) is 1.51. The number of methoxy groups -OCH3 is 2. The van der Waals surface area contributed by atoms with Gasteiger partial charge in [-0.25, -0.2) is 0 Å². The standard InChI is InChI=1S/C21H28N2O3.ClH/c1-25-19-11-9-17(15-20(19)26-2)10-12-21(24)23(14-6-13-22)16-18-7-4-3-5-8-18;/h3-5,7-9,11,15H,6,10,12-14,16,22H2,1-2H3;1H. The van der Waals surface area contributed by atoms with E-state index in [4.69, 9.17) is 15.2 Å². The Morgan fingerprint density at radius 2 is 1.70 bits per heavy atom. The molecule has 2 rings (SSSR count). The Morgan fingerprint density at radius 3 is 2.33 bits per heavy atom. The Balaban J connectivity index is 0.00000364. The minimum absolute atomic E-state index is 0. The smallest absolute Gasteiger partial charge is 0.223 e. The van der Waals surface area contributed by atoms with Crippen LogP contribution in [0.2, 0.25) is 0 Å². The topological polar surface area (TPSA) is 64.8 Å². The first kappa shape index (κ1) is 22.8. The molecule has 0 atom stereocenters. The van der Waals surface area contributed by atoms with Crippen molar-refractivity contribution in [2.45, 2.75) is 25.8 Å². The van der Waals surface area contributed by atoms with Crippen molar-refractivity contribution in [3.05, 3.63) is 59.7 Å². The number of carbonyl (C=O) groups excluding carboxylic acids is 1. The number of halogens is 1. The SMILES string of the molecule is COc1ccc(CCC(=O)N(CCCN)Cc2ccccc2)cc1OC.Cl. The maximum Gasteiger partial charge on any atom is 0.223 e. The number of rotatable bonds is 10. The lowest BCUT2D eigenvalue weighted by molar-refractivity contribution is -0.131. The van der Waals surface area contributed by atoms with Gasteiger partial charge in [-0.05, 0) is 42.6 Å². The Labute approximate surface area is 167 Å². The average molecular weight is 393 g/mol. The van der Waals surface area contributed by atoms with Gasteiger partial charge in [0, 0.05) is 19.5 Å². The summed E-state index contributed by atoms with van der Waals surface area (Å²) in [6.45, 7) is 1.87. The maximum atomic E-state index is 12.7. The third kappa shape index (κ3) is 7.12. The summed E-state index contributed by atoms with van der Waals surface area (Å²) in [5, 5.41) is 0. The van der Waals surface area contributed by atoms with Crippen molar-refractivity contribution in [2.75, 3.05) is 27.3 Å². The summed E-state index contributed by atoms with van der Waals surface area (Å²) in [6, 6.07) is 15.8. The number of nitrogens with zero attached hydrogens (tertiary/aromatic N) is 1. The second kappa shape index (κ2) is 12.2. The van der Waals surface area contributed by atoms with Crippen LogP contribution in [0.3, 0.4) is 0 Å². The number of hydrogen-bond donors (Lipinski definition) is 1. The molecule has 0 heterocycles. The van der Waals surface area contributed by atoms with Crippen molar-refractivity contribution >= 4 is 18.3 Å². The zero-order chi connectivity index (χ0) is 18.8. The second-order valence-corrected chi connectivity index (χ2v) is 6.13. The van der Waals surface area contributed by atoms with E-state index in [0.717, 1.165) is 17.5 Å². The summed E-state index contributed by atoms with van der Waals surface area (Å²) in [6.07, 6.45) is 1.91. The number of hydrogen-bond acceptors (Lipinski definition) is 4. The molecule has 6 heteroatoms. The molecule has 5 nitrogen and oxygen atoms in total. The third-order valence-electron chi connectivity index (χ3n) is 4.28. The van der Waals surface area contributed by atoms with E-state index in [2.05, 4.69) is 0 Å². The molecule has 2 N–H and O–H groups in total. The molecule has 2 aromatic carbocycles. The van der Waals surface area contributed by atoms with E-state index >= 15 is 0 Å². The Bertz CT molecular complexity index is 695. The number of aryl methyl sites for hydroxylation is 1. The van der Waals surface area contributed by atoms with Crippen molar-refractivity contribution in [3.63, 3.8) is 0 Å². The largest absolute Gasteiger partial charge is 0.493 e. The number of carbonyl (C=O) groups is 1. The molecule has 0 aliphatic carbocycles. The summed E-state index contributed by atoms with van der Waals surface area (Å²) in [4.78, 5) is 14.6. The lowest BCUT2D eigenvalue weighted by Crippen LogP contribution is -2.32. The zero-order valence-electron chi connectivity index (χ0n) is 16.0. The molecule has 0 saturated heterocycles. The minimum atomic E-state index is 0. The highest BCUT2D eigenvalue weighted by atomic mass is 35.5. The Hall–Kier alpha value is -2.24. The molecule has 0 radical (unpaired) electrons. The fourth-order valence-electron chi connectivity index (χ4n) is 2.82. The fraction of sp³-hybridized carbons (Fsp3) is 0.381. The predicted molar refractivity (Wildman–Crippen MR) is 111 cm³/mol. The first-order valence-corrected chi connectivity index (χ1v) is 8.90. The quantitative estimate of drug-likeness (QED) is 0.672. The van der Waals surface area contributed by atoms with Gasteiger partial charge in [0.15, 0.2) is 11.5 Å². The van der Waals surface area contributed by atoms with Crippen LogP contribution in [0.5, 0.6) is 11.5 Å². The molecule has 2 aromatic rings. The van der Waals surface area contributed by atoms with E-state index < -0.39 is 0 Å². The van der Waals surface area contributed by atoms with Gasteiger partial charge in [0.2, 0.25) is 5.91 Å².